The van der Waals surface area contributed by atoms with E-state index < -0.39 is 6.36 Å². The Labute approximate surface area is 145 Å². The quantitative estimate of drug-likeness (QED) is 0.747. The monoisotopic (exact) mass is 351 g/mol. The van der Waals surface area contributed by atoms with Crippen molar-refractivity contribution < 1.29 is 22.7 Å². The van der Waals surface area contributed by atoms with E-state index in [1.165, 1.54) is 29.8 Å². The summed E-state index contributed by atoms with van der Waals surface area (Å²) in [5, 5.41) is 0. The Hall–Kier alpha value is -2.50. The van der Waals surface area contributed by atoms with Crippen molar-refractivity contribution in [1.29, 1.82) is 0 Å². The molecule has 0 N–H and O–H groups in total. The van der Waals surface area contributed by atoms with E-state index in [4.69, 9.17) is 0 Å². The summed E-state index contributed by atoms with van der Waals surface area (Å²) in [6, 6.07) is 15.4. The molecule has 0 aromatic heterocycles. The Bertz CT molecular complexity index is 669. The Morgan fingerprint density at radius 3 is 2.24 bits per heavy atom. The molecule has 0 spiro atoms. The van der Waals surface area contributed by atoms with Crippen molar-refractivity contribution in [3.63, 3.8) is 0 Å². The first-order valence-corrected chi connectivity index (χ1v) is 7.96. The second kappa shape index (κ2) is 8.55. The van der Waals surface area contributed by atoms with Gasteiger partial charge in [-0.3, -0.25) is 4.79 Å². The molecule has 0 aliphatic rings. The lowest BCUT2D eigenvalue weighted by Crippen LogP contribution is -2.29. The van der Waals surface area contributed by atoms with Crippen LogP contribution >= 0.6 is 0 Å². The Morgan fingerprint density at radius 1 is 1.00 bits per heavy atom. The van der Waals surface area contributed by atoms with Crippen molar-refractivity contribution in [1.82, 2.24) is 4.90 Å². The van der Waals surface area contributed by atoms with Crippen molar-refractivity contribution in [2.75, 3.05) is 13.6 Å². The number of hydrogen-bond donors (Lipinski definition) is 0. The second-order valence-electron chi connectivity index (χ2n) is 5.77. The number of likely N-dealkylation sites (N-methyl/N-ethyl adjacent to an activating group) is 1. The molecular formula is C19H20F3NO2. The molecule has 0 heterocycles. The number of benzene rings is 2. The molecule has 6 heteroatoms. The minimum atomic E-state index is -4.71. The molecule has 0 saturated carbocycles. The van der Waals surface area contributed by atoms with E-state index in [9.17, 15) is 18.0 Å². The van der Waals surface area contributed by atoms with Crippen LogP contribution in [-0.4, -0.2) is 30.8 Å². The molecular weight excluding hydrogens is 331 g/mol. The zero-order valence-corrected chi connectivity index (χ0v) is 13.9. The van der Waals surface area contributed by atoms with Crippen molar-refractivity contribution in [2.24, 2.45) is 0 Å². The normalized spacial score (nSPS) is 11.2. The third kappa shape index (κ3) is 6.87. The fourth-order valence-corrected chi connectivity index (χ4v) is 2.41. The molecule has 0 fully saturated rings. The number of hydrogen-bond acceptors (Lipinski definition) is 2. The maximum absolute atomic E-state index is 12.2. The van der Waals surface area contributed by atoms with Gasteiger partial charge in [-0.25, -0.2) is 0 Å². The van der Waals surface area contributed by atoms with Crippen LogP contribution < -0.4 is 4.74 Å². The first kappa shape index (κ1) is 18.8. The highest BCUT2D eigenvalue weighted by molar-refractivity contribution is 5.78. The molecule has 3 nitrogen and oxygen atoms in total. The lowest BCUT2D eigenvalue weighted by atomic mass is 10.1. The topological polar surface area (TPSA) is 29.5 Å². The number of carbonyl (C=O) groups excluding carboxylic acids is 1. The summed E-state index contributed by atoms with van der Waals surface area (Å²) >= 11 is 0. The summed E-state index contributed by atoms with van der Waals surface area (Å²) in [4.78, 5) is 13.8. The first-order chi connectivity index (χ1) is 11.8. The summed E-state index contributed by atoms with van der Waals surface area (Å²) in [5.41, 5.74) is 1.87. The van der Waals surface area contributed by atoms with Gasteiger partial charge in [-0.1, -0.05) is 42.5 Å². The SMILES string of the molecule is CN(CCCc1ccccc1)C(=O)Cc1ccc(OC(F)(F)F)cc1. The third-order valence-corrected chi connectivity index (χ3v) is 3.74. The van der Waals surface area contributed by atoms with Crippen molar-refractivity contribution in [3.05, 3.63) is 65.7 Å². The van der Waals surface area contributed by atoms with E-state index in [0.29, 0.717) is 12.1 Å². The molecule has 0 aliphatic heterocycles. The molecule has 0 saturated heterocycles. The van der Waals surface area contributed by atoms with Gasteiger partial charge in [0.1, 0.15) is 5.75 Å². The van der Waals surface area contributed by atoms with Crippen LogP contribution in [0.3, 0.4) is 0 Å². The number of alkyl halides is 3. The zero-order chi connectivity index (χ0) is 18.3. The van der Waals surface area contributed by atoms with Crippen molar-refractivity contribution >= 4 is 5.91 Å². The molecule has 2 rings (SSSR count). The highest BCUT2D eigenvalue weighted by Gasteiger charge is 2.30. The highest BCUT2D eigenvalue weighted by atomic mass is 19.4. The molecule has 0 bridgehead atoms. The second-order valence-corrected chi connectivity index (χ2v) is 5.77. The van der Waals surface area contributed by atoms with Gasteiger partial charge in [-0.15, -0.1) is 13.2 Å². The van der Waals surface area contributed by atoms with Gasteiger partial charge >= 0.3 is 6.36 Å². The zero-order valence-electron chi connectivity index (χ0n) is 13.9. The van der Waals surface area contributed by atoms with Crippen LogP contribution in [0.25, 0.3) is 0 Å². The van der Waals surface area contributed by atoms with Crippen LogP contribution in [0, 0.1) is 0 Å². The van der Waals surface area contributed by atoms with Gasteiger partial charge in [-0.2, -0.15) is 0 Å². The number of nitrogens with zero attached hydrogens (tertiary/aromatic N) is 1. The predicted octanol–water partition coefficient (Wildman–Crippen LogP) is 4.22. The van der Waals surface area contributed by atoms with Gasteiger partial charge in [-0.05, 0) is 36.1 Å². The summed E-state index contributed by atoms with van der Waals surface area (Å²) in [6.45, 7) is 0.628. The number of halogens is 3. The van der Waals surface area contributed by atoms with Crippen LogP contribution in [0.5, 0.6) is 5.75 Å². The molecule has 0 aliphatic carbocycles. The van der Waals surface area contributed by atoms with E-state index in [-0.39, 0.29) is 18.1 Å². The van der Waals surface area contributed by atoms with Gasteiger partial charge in [0.15, 0.2) is 0 Å². The lowest BCUT2D eigenvalue weighted by molar-refractivity contribution is -0.274. The molecule has 0 atom stereocenters. The maximum atomic E-state index is 12.2. The van der Waals surface area contributed by atoms with Crippen LogP contribution in [0.1, 0.15) is 17.5 Å². The summed E-state index contributed by atoms with van der Waals surface area (Å²) in [7, 11) is 1.73. The number of aryl methyl sites for hydroxylation is 1. The van der Waals surface area contributed by atoms with E-state index in [0.717, 1.165) is 12.8 Å². The Balaban J connectivity index is 1.78. The van der Waals surface area contributed by atoms with E-state index in [2.05, 4.69) is 4.74 Å². The molecule has 0 unspecified atom stereocenters. The Morgan fingerprint density at radius 2 is 1.64 bits per heavy atom. The Kier molecular flexibility index (Phi) is 6.44. The van der Waals surface area contributed by atoms with Crippen LogP contribution in [0.4, 0.5) is 13.2 Å². The minimum absolute atomic E-state index is 0.0717. The molecule has 25 heavy (non-hydrogen) atoms. The van der Waals surface area contributed by atoms with Crippen molar-refractivity contribution in [3.8, 4) is 5.75 Å². The molecule has 2 aromatic rings. The average molecular weight is 351 g/mol. The minimum Gasteiger partial charge on any atom is -0.406 e. The van der Waals surface area contributed by atoms with Crippen LogP contribution in [-0.2, 0) is 17.6 Å². The van der Waals surface area contributed by atoms with Crippen LogP contribution in [0.15, 0.2) is 54.6 Å². The number of ether oxygens (including phenoxy) is 1. The highest BCUT2D eigenvalue weighted by Crippen LogP contribution is 2.22. The smallest absolute Gasteiger partial charge is 0.406 e. The summed E-state index contributed by atoms with van der Waals surface area (Å²) < 4.78 is 40.2. The van der Waals surface area contributed by atoms with Gasteiger partial charge in [0.2, 0.25) is 5.91 Å². The van der Waals surface area contributed by atoms with Crippen LogP contribution in [0.2, 0.25) is 0 Å². The number of carbonyl (C=O) groups is 1. The van der Waals surface area contributed by atoms with Gasteiger partial charge < -0.3 is 9.64 Å². The predicted molar refractivity (Wildman–Crippen MR) is 89.2 cm³/mol. The molecule has 2 aromatic carbocycles. The van der Waals surface area contributed by atoms with E-state index >= 15 is 0 Å². The first-order valence-electron chi connectivity index (χ1n) is 7.96. The van der Waals surface area contributed by atoms with E-state index in [1.807, 2.05) is 30.3 Å². The average Bonchev–Trinajstić information content (AvgIpc) is 2.56. The fraction of sp³-hybridized carbons (Fsp3) is 0.316. The van der Waals surface area contributed by atoms with Gasteiger partial charge in [0.05, 0.1) is 6.42 Å². The summed E-state index contributed by atoms with van der Waals surface area (Å²) in [5.74, 6) is -0.363. The fourth-order valence-electron chi connectivity index (χ4n) is 2.41. The van der Waals surface area contributed by atoms with Gasteiger partial charge in [0.25, 0.3) is 0 Å². The molecule has 0 radical (unpaired) electrons. The van der Waals surface area contributed by atoms with Crippen molar-refractivity contribution in [2.45, 2.75) is 25.6 Å². The maximum Gasteiger partial charge on any atom is 0.573 e. The van der Waals surface area contributed by atoms with E-state index in [1.54, 1.807) is 11.9 Å². The lowest BCUT2D eigenvalue weighted by Gasteiger charge is -2.17. The van der Waals surface area contributed by atoms with Gasteiger partial charge in [0, 0.05) is 13.6 Å². The molecule has 1 amide bonds. The molecule has 134 valence electrons. The number of rotatable bonds is 7. The summed E-state index contributed by atoms with van der Waals surface area (Å²) in [6.07, 6.45) is -2.82. The third-order valence-electron chi connectivity index (χ3n) is 3.74. The standard InChI is InChI=1S/C19H20F3NO2/c1-23(13-5-8-15-6-3-2-4-7-15)18(24)14-16-9-11-17(12-10-16)25-19(20,21)22/h2-4,6-7,9-12H,5,8,13-14H2,1H3. The number of amides is 1. The largest absolute Gasteiger partial charge is 0.573 e.